The number of rotatable bonds is 6. The topological polar surface area (TPSA) is 92.9 Å². The van der Waals surface area contributed by atoms with Gasteiger partial charge in [0.15, 0.2) is 0 Å². The van der Waals surface area contributed by atoms with Gasteiger partial charge in [-0.2, -0.15) is 11.3 Å². The van der Waals surface area contributed by atoms with Crippen LogP contribution in [-0.2, 0) is 11.2 Å². The van der Waals surface area contributed by atoms with E-state index in [1.165, 1.54) is 5.56 Å². The molecule has 154 valence electrons. The van der Waals surface area contributed by atoms with Crippen LogP contribution in [0.4, 0.5) is 0 Å². The fraction of sp³-hybridized carbons (Fsp3) is 0.455. The summed E-state index contributed by atoms with van der Waals surface area (Å²) >= 11 is 1.65. The molecule has 0 spiro atoms. The number of nitrogens with zero attached hydrogens (tertiary/aromatic N) is 1. The molecule has 6 nitrogen and oxygen atoms in total. The van der Waals surface area contributed by atoms with Crippen LogP contribution in [0.1, 0.15) is 35.2 Å². The zero-order valence-electron chi connectivity index (χ0n) is 16.2. The highest BCUT2D eigenvalue weighted by atomic mass is 32.1. The summed E-state index contributed by atoms with van der Waals surface area (Å²) in [6.07, 6.45) is 1.81. The van der Waals surface area contributed by atoms with Crippen LogP contribution in [0.15, 0.2) is 41.1 Å². The maximum Gasteiger partial charge on any atom is 0.248 e. The molecule has 2 aromatic rings. The van der Waals surface area contributed by atoms with E-state index in [1.807, 2.05) is 10.3 Å². The minimum Gasteiger partial charge on any atom is -0.488 e. The van der Waals surface area contributed by atoms with Crippen molar-refractivity contribution >= 4 is 23.2 Å². The smallest absolute Gasteiger partial charge is 0.248 e. The van der Waals surface area contributed by atoms with Gasteiger partial charge in [0.2, 0.25) is 11.8 Å². The standard InChI is InChI=1S/C22H26N2O4S/c23-22(27)15-2-4-18(5-3-15)28-20-10-17-12-24(11-16(17)9-19(20)25)21(26)6-1-14-7-8-29-13-14/h2-5,7-8,13,16-17,19-20,25H,1,6,9-12H2,(H2,23,27)/t16-,17+,19+,20+/m0/s1. The third-order valence-corrected chi connectivity index (χ3v) is 6.80. The van der Waals surface area contributed by atoms with Crippen molar-refractivity contribution in [1.82, 2.24) is 4.90 Å². The fourth-order valence-electron chi connectivity index (χ4n) is 4.44. The highest BCUT2D eigenvalue weighted by molar-refractivity contribution is 7.07. The lowest BCUT2D eigenvalue weighted by molar-refractivity contribution is -0.130. The van der Waals surface area contributed by atoms with Crippen molar-refractivity contribution in [3.8, 4) is 5.75 Å². The maximum absolute atomic E-state index is 12.6. The van der Waals surface area contributed by atoms with Crippen LogP contribution in [0.5, 0.6) is 5.75 Å². The molecule has 2 amide bonds. The third-order valence-electron chi connectivity index (χ3n) is 6.07. The lowest BCUT2D eigenvalue weighted by Crippen LogP contribution is -2.42. The second kappa shape index (κ2) is 8.55. The third kappa shape index (κ3) is 4.62. The molecule has 1 saturated carbocycles. The fourth-order valence-corrected chi connectivity index (χ4v) is 5.14. The van der Waals surface area contributed by atoms with E-state index in [0.29, 0.717) is 36.0 Å². The van der Waals surface area contributed by atoms with Crippen molar-refractivity contribution in [3.63, 3.8) is 0 Å². The number of hydrogen-bond acceptors (Lipinski definition) is 5. The number of aliphatic hydroxyl groups is 1. The van der Waals surface area contributed by atoms with Crippen LogP contribution < -0.4 is 10.5 Å². The molecule has 0 radical (unpaired) electrons. The van der Waals surface area contributed by atoms with Gasteiger partial charge in [0.25, 0.3) is 0 Å². The number of thiophene rings is 1. The Bertz CT molecular complexity index is 852. The first-order valence-electron chi connectivity index (χ1n) is 10.0. The molecule has 4 rings (SSSR count). The van der Waals surface area contributed by atoms with Crippen LogP contribution in [0, 0.1) is 11.8 Å². The number of aliphatic hydroxyl groups excluding tert-OH is 1. The van der Waals surface area contributed by atoms with E-state index in [2.05, 4.69) is 11.4 Å². The monoisotopic (exact) mass is 414 g/mol. The van der Waals surface area contributed by atoms with Gasteiger partial charge in [0.1, 0.15) is 11.9 Å². The first-order chi connectivity index (χ1) is 14.0. The Morgan fingerprint density at radius 1 is 1.14 bits per heavy atom. The minimum atomic E-state index is -0.562. The van der Waals surface area contributed by atoms with E-state index < -0.39 is 12.0 Å². The highest BCUT2D eigenvalue weighted by Crippen LogP contribution is 2.38. The molecule has 2 fully saturated rings. The van der Waals surface area contributed by atoms with E-state index >= 15 is 0 Å². The van der Waals surface area contributed by atoms with Crippen molar-refractivity contribution < 1.29 is 19.4 Å². The van der Waals surface area contributed by atoms with Crippen molar-refractivity contribution in [3.05, 3.63) is 52.2 Å². The number of amides is 2. The van der Waals surface area contributed by atoms with Crippen molar-refractivity contribution in [2.24, 2.45) is 17.6 Å². The Labute approximate surface area is 174 Å². The van der Waals surface area contributed by atoms with E-state index in [1.54, 1.807) is 35.6 Å². The number of likely N-dealkylation sites (tertiary alicyclic amines) is 1. The Hall–Kier alpha value is -2.38. The molecule has 1 aromatic carbocycles. The first-order valence-corrected chi connectivity index (χ1v) is 11.0. The number of carbonyl (C=O) groups is 2. The van der Waals surface area contributed by atoms with Gasteiger partial charge in [-0.1, -0.05) is 0 Å². The summed E-state index contributed by atoms with van der Waals surface area (Å²) in [6, 6.07) is 8.72. The van der Waals surface area contributed by atoms with Crippen LogP contribution >= 0.6 is 11.3 Å². The summed E-state index contributed by atoms with van der Waals surface area (Å²) < 4.78 is 6.00. The summed E-state index contributed by atoms with van der Waals surface area (Å²) in [6.45, 7) is 1.46. The number of aryl methyl sites for hydroxylation is 1. The minimum absolute atomic E-state index is 0.194. The number of hydrogen-bond donors (Lipinski definition) is 2. The van der Waals surface area contributed by atoms with Gasteiger partial charge >= 0.3 is 0 Å². The molecular formula is C22H26N2O4S. The Kier molecular flexibility index (Phi) is 5.87. The second-order valence-electron chi connectivity index (χ2n) is 8.03. The number of benzene rings is 1. The number of carbonyl (C=O) groups excluding carboxylic acids is 2. The molecule has 0 bridgehead atoms. The van der Waals surface area contributed by atoms with E-state index in [4.69, 9.17) is 10.5 Å². The van der Waals surface area contributed by atoms with E-state index in [-0.39, 0.29) is 12.0 Å². The predicted molar refractivity (Wildman–Crippen MR) is 111 cm³/mol. The van der Waals surface area contributed by atoms with Crippen molar-refractivity contribution in [2.45, 2.75) is 37.9 Å². The molecule has 3 N–H and O–H groups in total. The van der Waals surface area contributed by atoms with Crippen molar-refractivity contribution in [2.75, 3.05) is 13.1 Å². The molecule has 0 unspecified atom stereocenters. The SMILES string of the molecule is NC(=O)c1ccc(O[C@@H]2C[C@@H]3CN(C(=O)CCc4ccsc4)C[C@@H]3C[C@H]2O)cc1. The molecule has 29 heavy (non-hydrogen) atoms. The summed E-state index contributed by atoms with van der Waals surface area (Å²) in [5.41, 5.74) is 6.90. The van der Waals surface area contributed by atoms with Gasteiger partial charge < -0.3 is 20.5 Å². The molecule has 1 saturated heterocycles. The maximum atomic E-state index is 12.6. The van der Waals surface area contributed by atoms with Gasteiger partial charge in [0.05, 0.1) is 6.10 Å². The van der Waals surface area contributed by atoms with Gasteiger partial charge in [-0.3, -0.25) is 9.59 Å². The normalized spacial score (nSPS) is 26.2. The van der Waals surface area contributed by atoms with Crippen LogP contribution in [0.3, 0.4) is 0 Å². The number of fused-ring (bicyclic) bond motifs is 1. The molecule has 1 aromatic heterocycles. The Morgan fingerprint density at radius 2 is 1.86 bits per heavy atom. The largest absolute Gasteiger partial charge is 0.488 e. The molecule has 1 aliphatic heterocycles. The predicted octanol–water partition coefficient (Wildman–Crippen LogP) is 2.46. The Balaban J connectivity index is 1.32. The average Bonchev–Trinajstić information content (AvgIpc) is 3.36. The summed E-state index contributed by atoms with van der Waals surface area (Å²) in [5.74, 6) is 0.996. The van der Waals surface area contributed by atoms with Crippen LogP contribution in [0.25, 0.3) is 0 Å². The van der Waals surface area contributed by atoms with E-state index in [9.17, 15) is 14.7 Å². The molecule has 2 heterocycles. The summed E-state index contributed by atoms with van der Waals surface area (Å²) in [5, 5.41) is 14.7. The average molecular weight is 415 g/mol. The van der Waals surface area contributed by atoms with Gasteiger partial charge in [-0.25, -0.2) is 0 Å². The Morgan fingerprint density at radius 3 is 2.52 bits per heavy atom. The zero-order chi connectivity index (χ0) is 20.4. The molecular weight excluding hydrogens is 388 g/mol. The van der Waals surface area contributed by atoms with Gasteiger partial charge in [-0.05, 0) is 77.8 Å². The second-order valence-corrected chi connectivity index (χ2v) is 8.81. The molecule has 2 aliphatic rings. The first kappa shape index (κ1) is 19.9. The van der Waals surface area contributed by atoms with Crippen molar-refractivity contribution in [1.29, 1.82) is 0 Å². The lowest BCUT2D eigenvalue weighted by Gasteiger charge is -2.35. The zero-order valence-corrected chi connectivity index (χ0v) is 17.0. The summed E-state index contributed by atoms with van der Waals surface area (Å²) in [4.78, 5) is 25.8. The molecule has 4 atom stereocenters. The summed E-state index contributed by atoms with van der Waals surface area (Å²) in [7, 11) is 0. The lowest BCUT2D eigenvalue weighted by atomic mass is 9.78. The van der Waals surface area contributed by atoms with Gasteiger partial charge in [-0.15, -0.1) is 0 Å². The number of nitrogens with two attached hydrogens (primary N) is 1. The number of primary amides is 1. The molecule has 7 heteroatoms. The quantitative estimate of drug-likeness (QED) is 0.759. The number of ether oxygens (including phenoxy) is 1. The van der Waals surface area contributed by atoms with Gasteiger partial charge in [0, 0.05) is 25.1 Å². The van der Waals surface area contributed by atoms with Crippen LogP contribution in [-0.4, -0.2) is 47.1 Å². The van der Waals surface area contributed by atoms with E-state index in [0.717, 1.165) is 25.9 Å². The highest BCUT2D eigenvalue weighted by Gasteiger charge is 2.43. The molecule has 1 aliphatic carbocycles. The van der Waals surface area contributed by atoms with Crippen LogP contribution in [0.2, 0.25) is 0 Å².